The van der Waals surface area contributed by atoms with E-state index in [0.717, 1.165) is 30.6 Å². The summed E-state index contributed by atoms with van der Waals surface area (Å²) in [5.41, 5.74) is -1.25. The van der Waals surface area contributed by atoms with Gasteiger partial charge >= 0.3 is 5.97 Å². The van der Waals surface area contributed by atoms with Crippen molar-refractivity contribution in [1.29, 1.82) is 0 Å². The fraction of sp³-hybridized carbons (Fsp3) is 0.600. The van der Waals surface area contributed by atoms with E-state index in [1.54, 1.807) is 11.4 Å². The second kappa shape index (κ2) is 7.20. The van der Waals surface area contributed by atoms with Gasteiger partial charge in [-0.3, -0.25) is 4.79 Å². The van der Waals surface area contributed by atoms with Gasteiger partial charge in [0.1, 0.15) is 9.75 Å². The molecule has 0 saturated heterocycles. The van der Waals surface area contributed by atoms with Crippen LogP contribution >= 0.6 is 11.3 Å². The van der Waals surface area contributed by atoms with Crippen molar-refractivity contribution in [2.24, 2.45) is 0 Å². The molecule has 1 aromatic rings. The number of carboxylic acids is 1. The van der Waals surface area contributed by atoms with Crippen molar-refractivity contribution in [2.45, 2.75) is 54.8 Å². The fourth-order valence-corrected chi connectivity index (χ4v) is 5.29. The van der Waals surface area contributed by atoms with Gasteiger partial charge in [-0.2, -0.15) is 4.72 Å². The first-order valence-electron chi connectivity index (χ1n) is 7.77. The van der Waals surface area contributed by atoms with Crippen LogP contribution in [0.2, 0.25) is 0 Å². The van der Waals surface area contributed by atoms with Crippen LogP contribution in [0.25, 0.3) is 0 Å². The molecule has 1 aromatic heterocycles. The number of sulfonamides is 1. The summed E-state index contributed by atoms with van der Waals surface area (Å²) in [4.78, 5) is 25.6. The SMILES string of the molecule is CC(NS(=O)(=O)c1cccs1)C(=O)N(C)C1(C(=O)O)CCCCC1. The summed E-state index contributed by atoms with van der Waals surface area (Å²) in [6.45, 7) is 1.43. The summed E-state index contributed by atoms with van der Waals surface area (Å²) in [5, 5.41) is 11.3. The Bertz CT molecular complexity index is 693. The summed E-state index contributed by atoms with van der Waals surface area (Å²) >= 11 is 1.05. The van der Waals surface area contributed by atoms with Crippen LogP contribution in [0.15, 0.2) is 21.7 Å². The van der Waals surface area contributed by atoms with Gasteiger partial charge in [0.15, 0.2) is 0 Å². The molecule has 2 N–H and O–H groups in total. The van der Waals surface area contributed by atoms with Gasteiger partial charge in [0.25, 0.3) is 10.0 Å². The third-order valence-corrected chi connectivity index (χ3v) is 7.45. The number of aliphatic carboxylic acids is 1. The summed E-state index contributed by atoms with van der Waals surface area (Å²) in [7, 11) is -2.35. The maximum Gasteiger partial charge on any atom is 0.329 e. The lowest BCUT2D eigenvalue weighted by Gasteiger charge is -2.41. The predicted octanol–water partition coefficient (Wildman–Crippen LogP) is 1.66. The van der Waals surface area contributed by atoms with Crippen molar-refractivity contribution in [3.05, 3.63) is 17.5 Å². The van der Waals surface area contributed by atoms with Gasteiger partial charge in [0.2, 0.25) is 5.91 Å². The molecule has 0 bridgehead atoms. The summed E-state index contributed by atoms with van der Waals surface area (Å²) in [5.74, 6) is -1.58. The minimum atomic E-state index is -3.79. The summed E-state index contributed by atoms with van der Waals surface area (Å²) < 4.78 is 26.9. The van der Waals surface area contributed by atoms with Crippen molar-refractivity contribution >= 4 is 33.2 Å². The van der Waals surface area contributed by atoms with Gasteiger partial charge < -0.3 is 10.0 Å². The minimum Gasteiger partial charge on any atom is -0.479 e. The minimum absolute atomic E-state index is 0.121. The number of hydrogen-bond acceptors (Lipinski definition) is 5. The average molecular weight is 374 g/mol. The number of carbonyl (C=O) groups is 2. The summed E-state index contributed by atoms with van der Waals surface area (Å²) in [6.07, 6.45) is 3.18. The highest BCUT2D eigenvalue weighted by Crippen LogP contribution is 2.33. The topological polar surface area (TPSA) is 104 Å². The van der Waals surface area contributed by atoms with E-state index < -0.39 is 33.5 Å². The Balaban J connectivity index is 2.16. The Kier molecular flexibility index (Phi) is 5.67. The molecule has 1 saturated carbocycles. The number of likely N-dealkylation sites (N-methyl/N-ethyl adjacent to an activating group) is 1. The Labute approximate surface area is 145 Å². The molecule has 1 heterocycles. The first-order valence-corrected chi connectivity index (χ1v) is 10.1. The van der Waals surface area contributed by atoms with Crippen LogP contribution in [0.3, 0.4) is 0 Å². The van der Waals surface area contributed by atoms with Crippen molar-refractivity contribution < 1.29 is 23.1 Å². The van der Waals surface area contributed by atoms with Crippen molar-refractivity contribution in [2.75, 3.05) is 7.05 Å². The second-order valence-electron chi connectivity index (χ2n) is 6.07. The first kappa shape index (κ1) is 18.9. The number of thiophene rings is 1. The van der Waals surface area contributed by atoms with E-state index in [0.29, 0.717) is 12.8 Å². The highest BCUT2D eigenvalue weighted by atomic mass is 32.2. The van der Waals surface area contributed by atoms with Gasteiger partial charge in [0.05, 0.1) is 6.04 Å². The lowest BCUT2D eigenvalue weighted by molar-refractivity contribution is -0.160. The Morgan fingerprint density at radius 1 is 1.33 bits per heavy atom. The quantitative estimate of drug-likeness (QED) is 0.788. The van der Waals surface area contributed by atoms with Crippen molar-refractivity contribution in [3.63, 3.8) is 0 Å². The van der Waals surface area contributed by atoms with Gasteiger partial charge in [-0.15, -0.1) is 11.3 Å². The third kappa shape index (κ3) is 3.62. The van der Waals surface area contributed by atoms with Gasteiger partial charge in [-0.25, -0.2) is 13.2 Å². The molecular formula is C15H22N2O5S2. The molecule has 0 radical (unpaired) electrons. The molecular weight excluding hydrogens is 352 g/mol. The third-order valence-electron chi connectivity index (χ3n) is 4.51. The Morgan fingerprint density at radius 3 is 2.46 bits per heavy atom. The lowest BCUT2D eigenvalue weighted by Crippen LogP contribution is -2.60. The number of nitrogens with zero attached hydrogens (tertiary/aromatic N) is 1. The molecule has 1 atom stereocenters. The number of carboxylic acid groups (broad SMARTS) is 1. The Hall–Kier alpha value is -1.45. The number of amides is 1. The van der Waals surface area contributed by atoms with Gasteiger partial charge in [0, 0.05) is 7.05 Å². The first-order chi connectivity index (χ1) is 11.2. The van der Waals surface area contributed by atoms with Crippen molar-refractivity contribution in [1.82, 2.24) is 9.62 Å². The smallest absolute Gasteiger partial charge is 0.329 e. The molecule has 1 amide bonds. The zero-order valence-electron chi connectivity index (χ0n) is 13.7. The number of nitrogens with one attached hydrogen (secondary N) is 1. The molecule has 9 heteroatoms. The zero-order chi connectivity index (χ0) is 18.0. The highest BCUT2D eigenvalue weighted by Gasteiger charge is 2.46. The summed E-state index contributed by atoms with van der Waals surface area (Å²) in [6, 6.07) is 2.02. The molecule has 1 unspecified atom stereocenters. The largest absolute Gasteiger partial charge is 0.479 e. The molecule has 0 spiro atoms. The van der Waals surface area contributed by atoms with Crippen LogP contribution in [0.1, 0.15) is 39.0 Å². The van der Waals surface area contributed by atoms with Crippen LogP contribution in [-0.4, -0.2) is 48.9 Å². The number of hydrogen-bond donors (Lipinski definition) is 2. The maximum absolute atomic E-state index is 12.6. The monoisotopic (exact) mass is 374 g/mol. The number of rotatable bonds is 6. The average Bonchev–Trinajstić information content (AvgIpc) is 3.09. The van der Waals surface area contributed by atoms with Crippen LogP contribution in [-0.2, 0) is 19.6 Å². The molecule has 1 aliphatic rings. The van der Waals surface area contributed by atoms with Crippen LogP contribution in [0.4, 0.5) is 0 Å². The molecule has 0 aromatic carbocycles. The second-order valence-corrected chi connectivity index (χ2v) is 8.96. The van der Waals surface area contributed by atoms with Crippen LogP contribution in [0.5, 0.6) is 0 Å². The molecule has 24 heavy (non-hydrogen) atoms. The van der Waals surface area contributed by atoms with Crippen LogP contribution < -0.4 is 4.72 Å². The van der Waals surface area contributed by atoms with E-state index in [9.17, 15) is 23.1 Å². The fourth-order valence-electron chi connectivity index (χ4n) is 3.09. The molecule has 2 rings (SSSR count). The lowest BCUT2D eigenvalue weighted by atomic mass is 9.80. The molecule has 134 valence electrons. The Morgan fingerprint density at radius 2 is 1.96 bits per heavy atom. The molecule has 0 aliphatic heterocycles. The van der Waals surface area contributed by atoms with E-state index in [1.807, 2.05) is 0 Å². The van der Waals surface area contributed by atoms with E-state index in [2.05, 4.69) is 4.72 Å². The van der Waals surface area contributed by atoms with Crippen LogP contribution in [0, 0.1) is 0 Å². The predicted molar refractivity (Wildman–Crippen MR) is 90.3 cm³/mol. The van der Waals surface area contributed by atoms with E-state index >= 15 is 0 Å². The zero-order valence-corrected chi connectivity index (χ0v) is 15.3. The highest BCUT2D eigenvalue weighted by molar-refractivity contribution is 7.91. The van der Waals surface area contributed by atoms with Gasteiger partial charge in [-0.1, -0.05) is 25.3 Å². The normalized spacial score (nSPS) is 18.8. The molecule has 7 nitrogen and oxygen atoms in total. The standard InChI is InChI=1S/C15H22N2O5S2/c1-11(16-24(21,22)12-7-6-10-23-12)13(18)17(2)15(14(19)20)8-4-3-5-9-15/h6-7,10-11,16H,3-5,8-9H2,1-2H3,(H,19,20). The molecule has 1 aliphatic carbocycles. The van der Waals surface area contributed by atoms with E-state index in [1.165, 1.54) is 24.9 Å². The van der Waals surface area contributed by atoms with E-state index in [4.69, 9.17) is 0 Å². The van der Waals surface area contributed by atoms with E-state index in [-0.39, 0.29) is 4.21 Å². The maximum atomic E-state index is 12.6. The number of carbonyl (C=O) groups excluding carboxylic acids is 1. The van der Waals surface area contributed by atoms with Crippen molar-refractivity contribution in [3.8, 4) is 0 Å². The van der Waals surface area contributed by atoms with Gasteiger partial charge in [-0.05, 0) is 31.2 Å². The molecule has 1 fully saturated rings.